The molecule has 0 atom stereocenters. The Bertz CT molecular complexity index is 955. The zero-order valence-corrected chi connectivity index (χ0v) is 14.5. The minimum Gasteiger partial charge on any atom is -0.495 e. The van der Waals surface area contributed by atoms with E-state index in [0.29, 0.717) is 28.5 Å². The number of nitrogens with zero attached hydrogens (tertiary/aromatic N) is 2. The number of rotatable bonds is 6. The van der Waals surface area contributed by atoms with E-state index in [2.05, 4.69) is 10.3 Å². The molecule has 6 nitrogen and oxygen atoms in total. The van der Waals surface area contributed by atoms with Crippen molar-refractivity contribution in [1.29, 1.82) is 0 Å². The van der Waals surface area contributed by atoms with Gasteiger partial charge in [0.25, 0.3) is 5.56 Å². The molecule has 128 valence electrons. The van der Waals surface area contributed by atoms with Crippen LogP contribution in [0.1, 0.15) is 5.69 Å². The quantitative estimate of drug-likeness (QED) is 0.736. The average Bonchev–Trinajstić information content (AvgIpc) is 2.62. The Labute approximate surface area is 148 Å². The number of fused-ring (bicyclic) bond motifs is 1. The highest BCUT2D eigenvalue weighted by molar-refractivity contribution is 7.99. The third kappa shape index (κ3) is 4.19. The molecule has 1 aromatic carbocycles. The minimum absolute atomic E-state index is 0.125. The number of hydrogen-bond donors (Lipinski definition) is 1. The number of aromatic nitrogens is 2. The van der Waals surface area contributed by atoms with Crippen molar-refractivity contribution >= 4 is 29.0 Å². The van der Waals surface area contributed by atoms with Gasteiger partial charge in [-0.15, -0.1) is 11.8 Å². The lowest BCUT2D eigenvalue weighted by molar-refractivity contribution is -0.113. The van der Waals surface area contributed by atoms with E-state index in [1.165, 1.54) is 22.2 Å². The van der Waals surface area contributed by atoms with Crippen molar-refractivity contribution < 1.29 is 9.53 Å². The van der Waals surface area contributed by atoms with Crippen LogP contribution in [0.2, 0.25) is 0 Å². The second-order valence-electron chi connectivity index (χ2n) is 5.26. The Kier molecular flexibility index (Phi) is 5.35. The van der Waals surface area contributed by atoms with Crippen LogP contribution in [0.15, 0.2) is 59.5 Å². The van der Waals surface area contributed by atoms with Crippen LogP contribution in [0.25, 0.3) is 5.65 Å². The van der Waals surface area contributed by atoms with Crippen LogP contribution in [0.3, 0.4) is 0 Å². The molecule has 0 bridgehead atoms. The number of para-hydroxylation sites is 2. The molecule has 3 rings (SSSR count). The average molecular weight is 355 g/mol. The lowest BCUT2D eigenvalue weighted by Crippen LogP contribution is -2.16. The molecule has 0 aliphatic rings. The van der Waals surface area contributed by atoms with Gasteiger partial charge in [-0.1, -0.05) is 18.2 Å². The summed E-state index contributed by atoms with van der Waals surface area (Å²) < 4.78 is 6.69. The Balaban J connectivity index is 1.59. The first-order valence-corrected chi connectivity index (χ1v) is 8.81. The summed E-state index contributed by atoms with van der Waals surface area (Å²) >= 11 is 1.40. The fourth-order valence-corrected chi connectivity index (χ4v) is 3.08. The van der Waals surface area contributed by atoms with Crippen LogP contribution in [0.5, 0.6) is 5.75 Å². The summed E-state index contributed by atoms with van der Waals surface area (Å²) in [5, 5.41) is 2.82. The molecule has 0 fully saturated rings. The molecule has 3 aromatic rings. The van der Waals surface area contributed by atoms with Gasteiger partial charge >= 0.3 is 0 Å². The van der Waals surface area contributed by atoms with Gasteiger partial charge in [0.05, 0.1) is 24.2 Å². The SMILES string of the molecule is COc1ccccc1NC(=O)CSCc1cc(=O)n2ccccc2n1. The fraction of sp³-hybridized carbons (Fsp3) is 0.167. The first-order valence-electron chi connectivity index (χ1n) is 7.65. The molecule has 2 aromatic heterocycles. The third-order valence-corrected chi connectivity index (χ3v) is 4.45. The first-order chi connectivity index (χ1) is 12.2. The van der Waals surface area contributed by atoms with Gasteiger partial charge in [-0.2, -0.15) is 0 Å². The van der Waals surface area contributed by atoms with Crippen molar-refractivity contribution in [3.05, 3.63) is 70.8 Å². The summed E-state index contributed by atoms with van der Waals surface area (Å²) in [4.78, 5) is 28.5. The Morgan fingerprint density at radius 2 is 2.04 bits per heavy atom. The maximum Gasteiger partial charge on any atom is 0.258 e. The molecule has 0 aliphatic heterocycles. The van der Waals surface area contributed by atoms with Gasteiger partial charge in [-0.05, 0) is 24.3 Å². The second-order valence-corrected chi connectivity index (χ2v) is 6.24. The topological polar surface area (TPSA) is 72.7 Å². The number of methoxy groups -OCH3 is 1. The predicted octanol–water partition coefficient (Wildman–Crippen LogP) is 2.58. The number of benzene rings is 1. The van der Waals surface area contributed by atoms with E-state index in [4.69, 9.17) is 4.74 Å². The number of carbonyl (C=O) groups excluding carboxylic acids is 1. The highest BCUT2D eigenvalue weighted by Gasteiger charge is 2.08. The molecule has 0 saturated heterocycles. The summed E-state index contributed by atoms with van der Waals surface area (Å²) in [6.07, 6.45) is 1.68. The lowest BCUT2D eigenvalue weighted by Gasteiger charge is -2.09. The predicted molar refractivity (Wildman–Crippen MR) is 99.2 cm³/mol. The molecule has 0 radical (unpaired) electrons. The maximum atomic E-state index is 12.1. The smallest absolute Gasteiger partial charge is 0.258 e. The molecule has 0 saturated carbocycles. The molecule has 0 unspecified atom stereocenters. The second kappa shape index (κ2) is 7.85. The van der Waals surface area contributed by atoms with Gasteiger partial charge in [0, 0.05) is 18.0 Å². The van der Waals surface area contributed by atoms with Crippen molar-refractivity contribution in [2.24, 2.45) is 0 Å². The summed E-state index contributed by atoms with van der Waals surface area (Å²) in [6, 6.07) is 14.1. The summed E-state index contributed by atoms with van der Waals surface area (Å²) in [6.45, 7) is 0. The standard InChI is InChI=1S/C18H17N3O3S/c1-24-15-7-3-2-6-14(15)20-17(22)12-25-11-13-10-18(23)21-9-5-4-8-16(21)19-13/h2-10H,11-12H2,1H3,(H,20,22). The van der Waals surface area contributed by atoms with Gasteiger partial charge in [0.2, 0.25) is 5.91 Å². The van der Waals surface area contributed by atoms with Gasteiger partial charge in [-0.25, -0.2) is 4.98 Å². The van der Waals surface area contributed by atoms with Crippen LogP contribution >= 0.6 is 11.8 Å². The van der Waals surface area contributed by atoms with Crippen molar-refractivity contribution in [1.82, 2.24) is 9.38 Å². The van der Waals surface area contributed by atoms with Crippen molar-refractivity contribution in [3.8, 4) is 5.75 Å². The van der Waals surface area contributed by atoms with Crippen LogP contribution < -0.4 is 15.6 Å². The first kappa shape index (κ1) is 17.0. The van der Waals surface area contributed by atoms with Gasteiger partial charge in [-0.3, -0.25) is 14.0 Å². The number of nitrogens with one attached hydrogen (secondary N) is 1. The number of pyridine rings is 1. The van der Waals surface area contributed by atoms with E-state index >= 15 is 0 Å². The van der Waals surface area contributed by atoms with E-state index in [1.807, 2.05) is 18.2 Å². The van der Waals surface area contributed by atoms with Crippen LogP contribution in [-0.2, 0) is 10.5 Å². The van der Waals surface area contributed by atoms with E-state index in [1.54, 1.807) is 37.6 Å². The largest absolute Gasteiger partial charge is 0.495 e. The van der Waals surface area contributed by atoms with Gasteiger partial charge in [0.1, 0.15) is 11.4 Å². The van der Waals surface area contributed by atoms with Crippen molar-refractivity contribution in [2.75, 3.05) is 18.2 Å². The lowest BCUT2D eigenvalue weighted by atomic mass is 10.3. The molecule has 2 heterocycles. The Morgan fingerprint density at radius 1 is 1.24 bits per heavy atom. The number of thioether (sulfide) groups is 1. The van der Waals surface area contributed by atoms with E-state index in [9.17, 15) is 9.59 Å². The van der Waals surface area contributed by atoms with E-state index in [0.717, 1.165) is 0 Å². The molecule has 7 heteroatoms. The van der Waals surface area contributed by atoms with Crippen LogP contribution in [-0.4, -0.2) is 28.2 Å². The molecule has 1 amide bonds. The van der Waals surface area contributed by atoms with Crippen molar-refractivity contribution in [2.45, 2.75) is 5.75 Å². The third-order valence-electron chi connectivity index (χ3n) is 3.49. The molecular weight excluding hydrogens is 338 g/mol. The van der Waals surface area contributed by atoms with E-state index < -0.39 is 0 Å². The fourth-order valence-electron chi connectivity index (χ4n) is 2.36. The Morgan fingerprint density at radius 3 is 2.88 bits per heavy atom. The number of amides is 1. The number of carbonyl (C=O) groups is 1. The van der Waals surface area contributed by atoms with Crippen LogP contribution in [0.4, 0.5) is 5.69 Å². The monoisotopic (exact) mass is 355 g/mol. The zero-order chi connectivity index (χ0) is 17.6. The molecule has 0 aliphatic carbocycles. The summed E-state index contributed by atoms with van der Waals surface area (Å²) in [5.74, 6) is 1.23. The van der Waals surface area contributed by atoms with Crippen LogP contribution in [0, 0.1) is 0 Å². The highest BCUT2D eigenvalue weighted by Crippen LogP contribution is 2.23. The Hall–Kier alpha value is -2.80. The zero-order valence-electron chi connectivity index (χ0n) is 13.6. The number of hydrogen-bond acceptors (Lipinski definition) is 5. The number of ether oxygens (including phenoxy) is 1. The van der Waals surface area contributed by atoms with Crippen molar-refractivity contribution in [3.63, 3.8) is 0 Å². The molecule has 1 N–H and O–H groups in total. The maximum absolute atomic E-state index is 12.1. The molecule has 0 spiro atoms. The summed E-state index contributed by atoms with van der Waals surface area (Å²) in [7, 11) is 1.56. The van der Waals surface area contributed by atoms with Gasteiger partial charge < -0.3 is 10.1 Å². The minimum atomic E-state index is -0.132. The normalized spacial score (nSPS) is 10.6. The molecular formula is C18H17N3O3S. The molecule has 25 heavy (non-hydrogen) atoms. The highest BCUT2D eigenvalue weighted by atomic mass is 32.2. The number of anilines is 1. The summed E-state index contributed by atoms with van der Waals surface area (Å²) in [5.41, 5.74) is 1.77. The van der Waals surface area contributed by atoms with E-state index in [-0.39, 0.29) is 17.2 Å². The van der Waals surface area contributed by atoms with Gasteiger partial charge in [0.15, 0.2) is 0 Å².